The van der Waals surface area contributed by atoms with Crippen molar-refractivity contribution in [2.24, 2.45) is 0 Å². The molecule has 0 aliphatic carbocycles. The molecule has 1 amide bonds. The molecule has 1 heterocycles. The zero-order chi connectivity index (χ0) is 13.1. The fourth-order valence-electron chi connectivity index (χ4n) is 1.48. The summed E-state index contributed by atoms with van der Waals surface area (Å²) >= 11 is 3.34. The number of anilines is 1. The first-order valence-corrected chi connectivity index (χ1v) is 5.96. The molecule has 1 N–H and O–H groups in total. The molecule has 1 aromatic heterocycles. The smallest absolute Gasteiger partial charge is 0.293 e. The van der Waals surface area contributed by atoms with E-state index in [-0.39, 0.29) is 11.7 Å². The zero-order valence-corrected chi connectivity index (χ0v) is 11.4. The Morgan fingerprint density at radius 2 is 2.28 bits per heavy atom. The third kappa shape index (κ3) is 2.53. The summed E-state index contributed by atoms with van der Waals surface area (Å²) in [5.41, 5.74) is 1.11. The molecular formula is C12H11BrN2O3. The normalized spacial score (nSPS) is 10.2. The topological polar surface area (TPSA) is 64.4 Å². The van der Waals surface area contributed by atoms with Crippen LogP contribution in [0, 0.1) is 6.92 Å². The number of aromatic nitrogens is 1. The first-order valence-electron chi connectivity index (χ1n) is 5.17. The lowest BCUT2D eigenvalue weighted by Crippen LogP contribution is -2.13. The number of rotatable bonds is 3. The Morgan fingerprint density at radius 3 is 2.89 bits per heavy atom. The molecule has 94 valence electrons. The van der Waals surface area contributed by atoms with Crippen LogP contribution in [-0.2, 0) is 0 Å². The molecule has 0 saturated heterocycles. The lowest BCUT2D eigenvalue weighted by molar-refractivity contribution is 0.0995. The van der Waals surface area contributed by atoms with Crippen LogP contribution in [0.15, 0.2) is 33.5 Å². The van der Waals surface area contributed by atoms with Gasteiger partial charge in [-0.25, -0.2) is 4.98 Å². The van der Waals surface area contributed by atoms with Gasteiger partial charge in [0.1, 0.15) is 5.75 Å². The van der Waals surface area contributed by atoms with Crippen molar-refractivity contribution in [3.05, 3.63) is 40.5 Å². The van der Waals surface area contributed by atoms with Crippen molar-refractivity contribution in [2.75, 3.05) is 12.4 Å². The first kappa shape index (κ1) is 12.6. The third-order valence-electron chi connectivity index (χ3n) is 2.36. The minimum Gasteiger partial charge on any atom is -0.495 e. The van der Waals surface area contributed by atoms with Gasteiger partial charge in [0, 0.05) is 4.47 Å². The van der Waals surface area contributed by atoms with Crippen molar-refractivity contribution in [2.45, 2.75) is 6.92 Å². The lowest BCUT2D eigenvalue weighted by atomic mass is 10.2. The zero-order valence-electron chi connectivity index (χ0n) is 9.86. The lowest BCUT2D eigenvalue weighted by Gasteiger charge is -2.09. The Kier molecular flexibility index (Phi) is 3.66. The minimum atomic E-state index is -0.360. The number of oxazole rings is 1. The Labute approximate surface area is 112 Å². The van der Waals surface area contributed by atoms with Crippen molar-refractivity contribution < 1.29 is 13.9 Å². The Morgan fingerprint density at radius 1 is 1.50 bits per heavy atom. The average molecular weight is 311 g/mol. The van der Waals surface area contributed by atoms with Gasteiger partial charge in [0.25, 0.3) is 5.91 Å². The number of carbonyl (C=O) groups excluding carboxylic acids is 1. The summed E-state index contributed by atoms with van der Waals surface area (Å²) in [6.07, 6.45) is 1.24. The van der Waals surface area contributed by atoms with E-state index in [4.69, 9.17) is 9.15 Å². The maximum Gasteiger partial charge on any atom is 0.293 e. The summed E-state index contributed by atoms with van der Waals surface area (Å²) in [6.45, 7) is 1.70. The Hall–Kier alpha value is -1.82. The van der Waals surface area contributed by atoms with Crippen LogP contribution in [0.5, 0.6) is 5.75 Å². The molecule has 5 nitrogen and oxygen atoms in total. The van der Waals surface area contributed by atoms with Crippen molar-refractivity contribution in [1.82, 2.24) is 4.98 Å². The van der Waals surface area contributed by atoms with E-state index in [1.54, 1.807) is 26.2 Å². The summed E-state index contributed by atoms with van der Waals surface area (Å²) in [6, 6.07) is 5.34. The molecule has 0 fully saturated rings. The van der Waals surface area contributed by atoms with E-state index in [0.717, 1.165) is 4.47 Å². The summed E-state index contributed by atoms with van der Waals surface area (Å²) < 4.78 is 11.0. The quantitative estimate of drug-likeness (QED) is 0.946. The molecule has 2 aromatic rings. The maximum atomic E-state index is 12.0. The van der Waals surface area contributed by atoms with Crippen LogP contribution in [0.3, 0.4) is 0 Å². The van der Waals surface area contributed by atoms with Gasteiger partial charge in [0.2, 0.25) is 5.76 Å². The van der Waals surface area contributed by atoms with Crippen LogP contribution in [0.1, 0.15) is 16.2 Å². The van der Waals surface area contributed by atoms with Gasteiger partial charge in [-0.2, -0.15) is 0 Å². The van der Waals surface area contributed by atoms with Gasteiger partial charge < -0.3 is 14.5 Å². The number of amides is 1. The van der Waals surface area contributed by atoms with E-state index < -0.39 is 0 Å². The number of ether oxygens (including phenoxy) is 1. The molecule has 0 atom stereocenters. The van der Waals surface area contributed by atoms with Gasteiger partial charge >= 0.3 is 0 Å². The summed E-state index contributed by atoms with van der Waals surface area (Å²) in [5.74, 6) is 0.405. The third-order valence-corrected chi connectivity index (χ3v) is 2.85. The van der Waals surface area contributed by atoms with E-state index >= 15 is 0 Å². The number of carbonyl (C=O) groups is 1. The predicted molar refractivity (Wildman–Crippen MR) is 69.9 cm³/mol. The molecule has 0 saturated carbocycles. The molecule has 1 aromatic carbocycles. The number of aryl methyl sites for hydroxylation is 1. The molecule has 0 unspecified atom stereocenters. The molecule has 0 bridgehead atoms. The monoisotopic (exact) mass is 310 g/mol. The predicted octanol–water partition coefficient (Wildman–Crippen LogP) is 3.01. The van der Waals surface area contributed by atoms with E-state index in [0.29, 0.717) is 17.1 Å². The van der Waals surface area contributed by atoms with Gasteiger partial charge in [-0.3, -0.25) is 4.79 Å². The van der Waals surface area contributed by atoms with Crippen molar-refractivity contribution in [3.63, 3.8) is 0 Å². The number of hydrogen-bond acceptors (Lipinski definition) is 4. The molecule has 6 heteroatoms. The molecule has 0 spiro atoms. The fourth-order valence-corrected chi connectivity index (χ4v) is 1.84. The Balaban J connectivity index is 2.27. The van der Waals surface area contributed by atoms with Gasteiger partial charge in [-0.05, 0) is 25.1 Å². The first-order chi connectivity index (χ1) is 8.61. The highest BCUT2D eigenvalue weighted by atomic mass is 79.9. The summed E-state index contributed by atoms with van der Waals surface area (Å²) in [5, 5.41) is 2.72. The molecule has 0 radical (unpaired) electrons. The summed E-state index contributed by atoms with van der Waals surface area (Å²) in [4.78, 5) is 15.8. The Bertz CT molecular complexity index is 580. The van der Waals surface area contributed by atoms with Crippen molar-refractivity contribution >= 4 is 27.5 Å². The number of nitrogens with zero attached hydrogens (tertiary/aromatic N) is 1. The van der Waals surface area contributed by atoms with E-state index in [1.165, 1.54) is 6.39 Å². The van der Waals surface area contributed by atoms with Crippen molar-refractivity contribution in [3.8, 4) is 5.75 Å². The second kappa shape index (κ2) is 5.22. The van der Waals surface area contributed by atoms with Gasteiger partial charge in [-0.15, -0.1) is 0 Å². The fraction of sp³-hybridized carbons (Fsp3) is 0.167. The number of methoxy groups -OCH3 is 1. The second-order valence-electron chi connectivity index (χ2n) is 3.57. The standard InChI is InChI=1S/C12H11BrN2O3/c1-7-11(18-6-14-7)12(16)15-9-5-8(13)3-4-10(9)17-2/h3-6H,1-2H3,(H,15,16). The number of nitrogens with one attached hydrogen (secondary N) is 1. The highest BCUT2D eigenvalue weighted by Crippen LogP contribution is 2.28. The van der Waals surface area contributed by atoms with Gasteiger partial charge in [-0.1, -0.05) is 15.9 Å². The molecule has 2 rings (SSSR count). The highest BCUT2D eigenvalue weighted by Gasteiger charge is 2.16. The van der Waals surface area contributed by atoms with Crippen LogP contribution < -0.4 is 10.1 Å². The van der Waals surface area contributed by atoms with Crippen LogP contribution in [-0.4, -0.2) is 18.0 Å². The molecular weight excluding hydrogens is 300 g/mol. The minimum absolute atomic E-state index is 0.192. The second-order valence-corrected chi connectivity index (χ2v) is 4.48. The van der Waals surface area contributed by atoms with E-state index in [1.807, 2.05) is 6.07 Å². The van der Waals surface area contributed by atoms with Crippen LogP contribution in [0.25, 0.3) is 0 Å². The molecule has 0 aliphatic rings. The van der Waals surface area contributed by atoms with Crippen LogP contribution >= 0.6 is 15.9 Å². The summed E-state index contributed by atoms with van der Waals surface area (Å²) in [7, 11) is 1.54. The van der Waals surface area contributed by atoms with E-state index in [9.17, 15) is 4.79 Å². The van der Waals surface area contributed by atoms with Crippen LogP contribution in [0.2, 0.25) is 0 Å². The number of halogens is 1. The highest BCUT2D eigenvalue weighted by molar-refractivity contribution is 9.10. The number of hydrogen-bond donors (Lipinski definition) is 1. The number of benzene rings is 1. The van der Waals surface area contributed by atoms with Gasteiger partial charge in [0.05, 0.1) is 18.5 Å². The molecule has 0 aliphatic heterocycles. The molecule has 18 heavy (non-hydrogen) atoms. The van der Waals surface area contributed by atoms with E-state index in [2.05, 4.69) is 26.2 Å². The van der Waals surface area contributed by atoms with Crippen molar-refractivity contribution in [1.29, 1.82) is 0 Å². The van der Waals surface area contributed by atoms with Crippen LogP contribution in [0.4, 0.5) is 5.69 Å². The largest absolute Gasteiger partial charge is 0.495 e. The maximum absolute atomic E-state index is 12.0. The SMILES string of the molecule is COc1ccc(Br)cc1NC(=O)c1ocnc1C. The van der Waals surface area contributed by atoms with Gasteiger partial charge in [0.15, 0.2) is 6.39 Å². The average Bonchev–Trinajstić information content (AvgIpc) is 2.76.